The highest BCUT2D eigenvalue weighted by atomic mass is 32.1. The monoisotopic (exact) mass is 423 g/mol. The van der Waals surface area contributed by atoms with Gasteiger partial charge in [0.1, 0.15) is 5.00 Å². The molecule has 0 fully saturated rings. The molecule has 0 amide bonds. The van der Waals surface area contributed by atoms with Gasteiger partial charge >= 0.3 is 5.97 Å². The zero-order valence-electron chi connectivity index (χ0n) is 16.7. The molecule has 0 spiro atoms. The van der Waals surface area contributed by atoms with E-state index >= 15 is 0 Å². The maximum absolute atomic E-state index is 12.1. The van der Waals surface area contributed by atoms with Crippen LogP contribution in [0.4, 0.5) is 11.4 Å². The lowest BCUT2D eigenvalue weighted by molar-refractivity contribution is -0.384. The van der Waals surface area contributed by atoms with Gasteiger partial charge in [-0.15, -0.1) is 11.3 Å². The number of fused-ring (bicyclic) bond motifs is 1. The molecule has 7 nitrogen and oxygen atoms in total. The third-order valence-electron chi connectivity index (χ3n) is 5.43. The summed E-state index contributed by atoms with van der Waals surface area (Å²) in [5.74, 6) is -0.885. The lowest BCUT2D eigenvalue weighted by Gasteiger charge is -2.11. The SMILES string of the molecule is Cc1cc(C=Nc2cccc([N+](=O)[O-])c2)c(C)n1-c1sc2c(c1C(=O)O)CCCC2. The molecule has 4 rings (SSSR count). The van der Waals surface area contributed by atoms with E-state index in [1.807, 2.05) is 24.5 Å². The van der Waals surface area contributed by atoms with Crippen LogP contribution in [0.15, 0.2) is 35.3 Å². The molecule has 2 aromatic heterocycles. The first-order valence-electron chi connectivity index (χ1n) is 9.72. The molecule has 0 atom stereocenters. The van der Waals surface area contributed by atoms with Crippen LogP contribution >= 0.6 is 11.3 Å². The molecule has 1 aliphatic carbocycles. The Hall–Kier alpha value is -3.26. The van der Waals surface area contributed by atoms with Crippen LogP contribution in [0.3, 0.4) is 0 Å². The van der Waals surface area contributed by atoms with Crippen molar-refractivity contribution in [2.24, 2.45) is 4.99 Å². The second kappa shape index (κ2) is 7.87. The van der Waals surface area contributed by atoms with E-state index in [0.29, 0.717) is 11.3 Å². The minimum atomic E-state index is -0.885. The van der Waals surface area contributed by atoms with Crippen LogP contribution in [0.2, 0.25) is 0 Å². The predicted molar refractivity (Wildman–Crippen MR) is 117 cm³/mol. The number of non-ortho nitro benzene ring substituents is 1. The van der Waals surface area contributed by atoms with E-state index < -0.39 is 10.9 Å². The van der Waals surface area contributed by atoms with Gasteiger partial charge in [-0.25, -0.2) is 4.79 Å². The number of hydrogen-bond donors (Lipinski definition) is 1. The van der Waals surface area contributed by atoms with E-state index in [0.717, 1.165) is 53.2 Å². The third kappa shape index (κ3) is 3.54. The maximum atomic E-state index is 12.1. The number of hydrogen-bond acceptors (Lipinski definition) is 5. The summed E-state index contributed by atoms with van der Waals surface area (Å²) >= 11 is 1.57. The van der Waals surface area contributed by atoms with Gasteiger partial charge in [0.05, 0.1) is 16.2 Å². The van der Waals surface area contributed by atoms with Crippen LogP contribution in [0.25, 0.3) is 5.00 Å². The number of nitrogens with zero attached hydrogens (tertiary/aromatic N) is 3. The summed E-state index contributed by atoms with van der Waals surface area (Å²) in [5.41, 5.74) is 4.54. The molecule has 0 aliphatic heterocycles. The molecule has 0 saturated carbocycles. The number of aromatic carboxylic acids is 1. The molecular formula is C22H21N3O4S. The van der Waals surface area contributed by atoms with E-state index in [9.17, 15) is 20.0 Å². The van der Waals surface area contributed by atoms with Gasteiger partial charge in [0.2, 0.25) is 0 Å². The number of carboxylic acid groups (broad SMARTS) is 1. The van der Waals surface area contributed by atoms with Gasteiger partial charge in [-0.1, -0.05) is 6.07 Å². The summed E-state index contributed by atoms with van der Waals surface area (Å²) in [7, 11) is 0. The van der Waals surface area contributed by atoms with Gasteiger partial charge in [0, 0.05) is 40.2 Å². The van der Waals surface area contributed by atoms with E-state index in [2.05, 4.69) is 4.99 Å². The summed E-state index contributed by atoms with van der Waals surface area (Å²) < 4.78 is 1.99. The first kappa shape index (κ1) is 20.0. The number of carboxylic acids is 1. The quantitative estimate of drug-likeness (QED) is 0.338. The molecule has 0 saturated heterocycles. The van der Waals surface area contributed by atoms with Crippen LogP contribution in [0.5, 0.6) is 0 Å². The van der Waals surface area contributed by atoms with E-state index in [1.54, 1.807) is 29.7 Å². The van der Waals surface area contributed by atoms with Crippen molar-refractivity contribution in [3.05, 3.63) is 73.4 Å². The smallest absolute Gasteiger partial charge is 0.339 e. The average Bonchev–Trinajstić information content (AvgIpc) is 3.23. The number of rotatable bonds is 5. The number of carbonyl (C=O) groups is 1. The van der Waals surface area contributed by atoms with E-state index in [-0.39, 0.29) is 5.69 Å². The van der Waals surface area contributed by atoms with Crippen molar-refractivity contribution in [3.63, 3.8) is 0 Å². The molecule has 3 aromatic rings. The lowest BCUT2D eigenvalue weighted by atomic mass is 9.95. The molecule has 30 heavy (non-hydrogen) atoms. The van der Waals surface area contributed by atoms with Crippen LogP contribution in [0.1, 0.15) is 50.6 Å². The Labute approximate surface area is 177 Å². The highest BCUT2D eigenvalue weighted by molar-refractivity contribution is 7.15. The molecular weight excluding hydrogens is 402 g/mol. The molecule has 2 heterocycles. The second-order valence-corrected chi connectivity index (χ2v) is 8.48. The zero-order chi connectivity index (χ0) is 21.4. The molecule has 1 aliphatic rings. The van der Waals surface area contributed by atoms with Gasteiger partial charge < -0.3 is 9.67 Å². The van der Waals surface area contributed by atoms with Crippen molar-refractivity contribution in [2.75, 3.05) is 0 Å². The number of nitro groups is 1. The fourth-order valence-corrected chi connectivity index (χ4v) is 5.48. The Morgan fingerprint density at radius 2 is 2.03 bits per heavy atom. The third-order valence-corrected chi connectivity index (χ3v) is 6.71. The Kier molecular flexibility index (Phi) is 5.26. The van der Waals surface area contributed by atoms with E-state index in [1.165, 1.54) is 17.0 Å². The van der Waals surface area contributed by atoms with E-state index in [4.69, 9.17) is 0 Å². The Bertz CT molecular complexity index is 1190. The summed E-state index contributed by atoms with van der Waals surface area (Å²) in [6.45, 7) is 3.88. The van der Waals surface area contributed by atoms with Gasteiger partial charge in [0.15, 0.2) is 0 Å². The summed E-state index contributed by atoms with van der Waals surface area (Å²) in [4.78, 5) is 28.1. The number of aromatic nitrogens is 1. The summed E-state index contributed by atoms with van der Waals surface area (Å²) in [6, 6.07) is 8.12. The van der Waals surface area contributed by atoms with Crippen molar-refractivity contribution >= 4 is 34.9 Å². The van der Waals surface area contributed by atoms with Crippen LogP contribution in [-0.2, 0) is 12.8 Å². The number of aryl methyl sites for hydroxylation is 2. The zero-order valence-corrected chi connectivity index (χ0v) is 17.5. The second-order valence-electron chi connectivity index (χ2n) is 7.39. The Balaban J connectivity index is 1.75. The van der Waals surface area contributed by atoms with Crippen LogP contribution in [0, 0.1) is 24.0 Å². The molecule has 0 bridgehead atoms. The predicted octanol–water partition coefficient (Wildman–Crippen LogP) is 5.39. The lowest BCUT2D eigenvalue weighted by Crippen LogP contribution is -2.09. The largest absolute Gasteiger partial charge is 0.478 e. The van der Waals surface area contributed by atoms with Crippen molar-refractivity contribution in [2.45, 2.75) is 39.5 Å². The Morgan fingerprint density at radius 3 is 2.77 bits per heavy atom. The topological polar surface area (TPSA) is 97.7 Å². The number of benzene rings is 1. The van der Waals surface area contributed by atoms with Gasteiger partial charge in [-0.2, -0.15) is 0 Å². The van der Waals surface area contributed by atoms with Crippen molar-refractivity contribution in [1.82, 2.24) is 4.57 Å². The van der Waals surface area contributed by atoms with Crippen molar-refractivity contribution in [3.8, 4) is 5.00 Å². The fraction of sp³-hybridized carbons (Fsp3) is 0.273. The van der Waals surface area contributed by atoms with Gasteiger partial charge in [-0.05, 0) is 57.2 Å². The number of aliphatic imine (C=N–C) groups is 1. The molecule has 0 radical (unpaired) electrons. The average molecular weight is 423 g/mol. The first-order valence-corrected chi connectivity index (χ1v) is 10.5. The number of nitro benzene ring substituents is 1. The first-order chi connectivity index (χ1) is 14.4. The number of thiophene rings is 1. The molecule has 8 heteroatoms. The van der Waals surface area contributed by atoms with Gasteiger partial charge in [-0.3, -0.25) is 15.1 Å². The van der Waals surface area contributed by atoms with Gasteiger partial charge in [0.25, 0.3) is 5.69 Å². The highest BCUT2D eigenvalue weighted by Crippen LogP contribution is 2.38. The molecule has 1 aromatic carbocycles. The normalized spacial score (nSPS) is 13.5. The van der Waals surface area contributed by atoms with Crippen molar-refractivity contribution < 1.29 is 14.8 Å². The van der Waals surface area contributed by atoms with Crippen molar-refractivity contribution in [1.29, 1.82) is 0 Å². The standard InChI is InChI=1S/C22H21N3O4S/c1-13-10-15(12-23-16-6-5-7-17(11-16)25(28)29)14(2)24(13)21-20(22(26)27)18-8-3-4-9-19(18)30-21/h5-7,10-12H,3-4,8-9H2,1-2H3,(H,26,27). The minimum Gasteiger partial charge on any atom is -0.478 e. The van der Waals surface area contributed by atoms with Crippen LogP contribution < -0.4 is 0 Å². The summed E-state index contributed by atoms with van der Waals surface area (Å²) in [6.07, 6.45) is 5.53. The summed E-state index contributed by atoms with van der Waals surface area (Å²) in [5, 5.41) is 21.6. The maximum Gasteiger partial charge on any atom is 0.339 e. The fourth-order valence-electron chi connectivity index (χ4n) is 3.99. The Morgan fingerprint density at radius 1 is 1.27 bits per heavy atom. The highest BCUT2D eigenvalue weighted by Gasteiger charge is 2.27. The van der Waals surface area contributed by atoms with Crippen LogP contribution in [-0.4, -0.2) is 26.8 Å². The minimum absolute atomic E-state index is 0.00890. The molecule has 0 unspecified atom stereocenters. The molecule has 1 N–H and O–H groups in total. The molecule has 154 valence electrons.